The van der Waals surface area contributed by atoms with Crippen LogP contribution in [0.15, 0.2) is 0 Å². The molecule has 0 saturated carbocycles. The van der Waals surface area contributed by atoms with Gasteiger partial charge in [0.1, 0.15) is 9.84 Å². The molecule has 0 radical (unpaired) electrons. The molecular weight excluding hydrogens is 222 g/mol. The van der Waals surface area contributed by atoms with Gasteiger partial charge in [0, 0.05) is 12.8 Å². The lowest BCUT2D eigenvalue weighted by molar-refractivity contribution is -0.156. The summed E-state index contributed by atoms with van der Waals surface area (Å²) in [6.45, 7) is 1.43. The molecule has 0 bridgehead atoms. The Morgan fingerprint density at radius 2 is 2.00 bits per heavy atom. The molecule has 0 fully saturated rings. The first-order valence-corrected chi connectivity index (χ1v) is 6.55. The zero-order chi connectivity index (χ0) is 12.1. The largest absolute Gasteiger partial charge is 0.479 e. The highest BCUT2D eigenvalue weighted by molar-refractivity contribution is 7.90. The molecule has 3 N–H and O–H groups in total. The van der Waals surface area contributed by atoms with E-state index in [2.05, 4.69) is 5.32 Å². The maximum absolute atomic E-state index is 10.7. The molecule has 0 rings (SSSR count). The van der Waals surface area contributed by atoms with Crippen LogP contribution in [0.3, 0.4) is 0 Å². The highest BCUT2D eigenvalue weighted by Crippen LogP contribution is 2.00. The number of aliphatic hydroxyl groups is 1. The van der Waals surface area contributed by atoms with Crippen molar-refractivity contribution in [1.82, 2.24) is 5.32 Å². The summed E-state index contributed by atoms with van der Waals surface area (Å²) in [5.74, 6) is -1.26. The minimum absolute atomic E-state index is 0.0508. The number of nitrogens with one attached hydrogen (secondary N) is 1. The van der Waals surface area contributed by atoms with Gasteiger partial charge in [0.15, 0.2) is 5.60 Å². The van der Waals surface area contributed by atoms with E-state index in [1.165, 1.54) is 6.92 Å². The van der Waals surface area contributed by atoms with Crippen molar-refractivity contribution in [2.45, 2.75) is 18.9 Å². The number of hydrogen-bond acceptors (Lipinski definition) is 5. The number of carboxylic acids is 1. The summed E-state index contributed by atoms with van der Waals surface area (Å²) in [6.07, 6.45) is 1.54. The lowest BCUT2D eigenvalue weighted by Crippen LogP contribution is -2.45. The van der Waals surface area contributed by atoms with Crippen LogP contribution in [0.25, 0.3) is 0 Å². The highest BCUT2D eigenvalue weighted by atomic mass is 32.2. The molecule has 0 amide bonds. The lowest BCUT2D eigenvalue weighted by atomic mass is 10.1. The van der Waals surface area contributed by atoms with E-state index in [0.717, 1.165) is 6.26 Å². The quantitative estimate of drug-likeness (QED) is 0.484. The third-order valence-corrected chi connectivity index (χ3v) is 2.83. The molecule has 6 nitrogen and oxygen atoms in total. The molecule has 0 saturated heterocycles. The Kier molecular flexibility index (Phi) is 5.19. The van der Waals surface area contributed by atoms with Crippen molar-refractivity contribution >= 4 is 15.8 Å². The molecular formula is C8H17NO5S. The molecule has 1 atom stereocenters. The molecule has 0 spiro atoms. The van der Waals surface area contributed by atoms with Gasteiger partial charge in [0.2, 0.25) is 0 Å². The summed E-state index contributed by atoms with van der Waals surface area (Å²) in [5.41, 5.74) is -1.81. The Hall–Kier alpha value is -0.660. The van der Waals surface area contributed by atoms with E-state index in [4.69, 9.17) is 5.11 Å². The molecule has 0 aromatic heterocycles. The summed E-state index contributed by atoms with van der Waals surface area (Å²) in [5, 5.41) is 20.5. The van der Waals surface area contributed by atoms with Crippen molar-refractivity contribution in [1.29, 1.82) is 0 Å². The van der Waals surface area contributed by atoms with E-state index in [9.17, 15) is 18.3 Å². The Bertz CT molecular complexity index is 309. The number of aliphatic carboxylic acids is 1. The maximum atomic E-state index is 10.7. The number of hydrogen-bond donors (Lipinski definition) is 3. The Labute approximate surface area is 89.2 Å². The van der Waals surface area contributed by atoms with Gasteiger partial charge in [0.05, 0.1) is 5.75 Å². The van der Waals surface area contributed by atoms with Crippen LogP contribution < -0.4 is 5.32 Å². The van der Waals surface area contributed by atoms with Gasteiger partial charge in [-0.2, -0.15) is 0 Å². The summed E-state index contributed by atoms with van der Waals surface area (Å²) < 4.78 is 21.5. The van der Waals surface area contributed by atoms with E-state index < -0.39 is 21.4 Å². The van der Waals surface area contributed by atoms with Gasteiger partial charge in [-0.3, -0.25) is 0 Å². The van der Waals surface area contributed by atoms with E-state index in [0.29, 0.717) is 13.0 Å². The van der Waals surface area contributed by atoms with Crippen LogP contribution >= 0.6 is 0 Å². The first kappa shape index (κ1) is 14.3. The minimum atomic E-state index is -2.98. The molecule has 0 aliphatic carbocycles. The van der Waals surface area contributed by atoms with E-state index >= 15 is 0 Å². The van der Waals surface area contributed by atoms with Crippen molar-refractivity contribution in [3.8, 4) is 0 Å². The van der Waals surface area contributed by atoms with Crippen LogP contribution in [-0.2, 0) is 14.6 Å². The van der Waals surface area contributed by atoms with Crippen molar-refractivity contribution in [3.05, 3.63) is 0 Å². The van der Waals surface area contributed by atoms with Gasteiger partial charge < -0.3 is 15.5 Å². The highest BCUT2D eigenvalue weighted by Gasteiger charge is 2.28. The first-order chi connectivity index (χ1) is 6.65. The topological polar surface area (TPSA) is 104 Å². The van der Waals surface area contributed by atoms with Gasteiger partial charge in [-0.25, -0.2) is 13.2 Å². The smallest absolute Gasteiger partial charge is 0.336 e. The van der Waals surface area contributed by atoms with Gasteiger partial charge in [0.25, 0.3) is 0 Å². The molecule has 90 valence electrons. The second kappa shape index (κ2) is 5.43. The van der Waals surface area contributed by atoms with E-state index in [1.54, 1.807) is 0 Å². The molecule has 7 heteroatoms. The molecule has 0 aromatic carbocycles. The van der Waals surface area contributed by atoms with Crippen molar-refractivity contribution in [3.63, 3.8) is 0 Å². The number of carboxylic acid groups (broad SMARTS) is 1. The van der Waals surface area contributed by atoms with Crippen LogP contribution in [0.4, 0.5) is 0 Å². The normalized spacial score (nSPS) is 15.9. The van der Waals surface area contributed by atoms with Gasteiger partial charge in [-0.15, -0.1) is 0 Å². The summed E-state index contributed by atoms with van der Waals surface area (Å²) >= 11 is 0. The monoisotopic (exact) mass is 239 g/mol. The average molecular weight is 239 g/mol. The Morgan fingerprint density at radius 3 is 2.40 bits per heavy atom. The van der Waals surface area contributed by atoms with Gasteiger partial charge >= 0.3 is 5.97 Å². The van der Waals surface area contributed by atoms with E-state index in [-0.39, 0.29) is 12.3 Å². The zero-order valence-corrected chi connectivity index (χ0v) is 9.67. The molecule has 15 heavy (non-hydrogen) atoms. The summed E-state index contributed by atoms with van der Waals surface area (Å²) in [6, 6.07) is 0. The van der Waals surface area contributed by atoms with Gasteiger partial charge in [-0.05, 0) is 19.9 Å². The standard InChI is InChI=1S/C8H17NO5S/c1-8(12,7(10)11)6-9-4-3-5-15(2,13)14/h9,12H,3-6H2,1-2H3,(H,10,11). The third-order valence-electron chi connectivity index (χ3n) is 1.80. The fraction of sp³-hybridized carbons (Fsp3) is 0.875. The molecule has 0 aliphatic rings. The van der Waals surface area contributed by atoms with Crippen molar-refractivity contribution < 1.29 is 23.4 Å². The number of rotatable bonds is 7. The molecule has 0 aromatic rings. The SMILES string of the molecule is CC(O)(CNCCCS(C)(=O)=O)C(=O)O. The summed E-state index contributed by atoms with van der Waals surface area (Å²) in [7, 11) is -2.98. The fourth-order valence-corrected chi connectivity index (χ4v) is 1.54. The van der Waals surface area contributed by atoms with Crippen LogP contribution in [0, 0.1) is 0 Å². The van der Waals surface area contributed by atoms with Crippen molar-refractivity contribution in [2.75, 3.05) is 25.1 Å². The lowest BCUT2D eigenvalue weighted by Gasteiger charge is -2.18. The predicted molar refractivity (Wildman–Crippen MR) is 55.5 cm³/mol. The third kappa shape index (κ3) is 7.29. The Morgan fingerprint density at radius 1 is 1.47 bits per heavy atom. The molecule has 0 aliphatic heterocycles. The second-order valence-corrected chi connectivity index (χ2v) is 6.00. The maximum Gasteiger partial charge on any atom is 0.336 e. The zero-order valence-electron chi connectivity index (χ0n) is 8.86. The number of carbonyl (C=O) groups is 1. The fourth-order valence-electron chi connectivity index (χ4n) is 0.867. The van der Waals surface area contributed by atoms with Crippen LogP contribution in [-0.4, -0.2) is 55.3 Å². The number of sulfone groups is 1. The molecule has 0 heterocycles. The van der Waals surface area contributed by atoms with Crippen LogP contribution in [0.2, 0.25) is 0 Å². The van der Waals surface area contributed by atoms with E-state index in [1.807, 2.05) is 0 Å². The van der Waals surface area contributed by atoms with Crippen LogP contribution in [0.5, 0.6) is 0 Å². The Balaban J connectivity index is 3.69. The first-order valence-electron chi connectivity index (χ1n) is 4.49. The van der Waals surface area contributed by atoms with Gasteiger partial charge in [-0.1, -0.05) is 0 Å². The van der Waals surface area contributed by atoms with Crippen LogP contribution in [0.1, 0.15) is 13.3 Å². The summed E-state index contributed by atoms with van der Waals surface area (Å²) in [4.78, 5) is 10.5. The second-order valence-electron chi connectivity index (χ2n) is 3.74. The predicted octanol–water partition coefficient (Wildman–Crippen LogP) is -1.15. The van der Waals surface area contributed by atoms with Crippen molar-refractivity contribution in [2.24, 2.45) is 0 Å². The molecule has 1 unspecified atom stereocenters. The average Bonchev–Trinajstić information content (AvgIpc) is 2.00. The minimum Gasteiger partial charge on any atom is -0.479 e.